The highest BCUT2D eigenvalue weighted by atomic mass is 16.5. The van der Waals surface area contributed by atoms with Crippen molar-refractivity contribution in [3.8, 4) is 0 Å². The number of ether oxygens (including phenoxy) is 1. The largest absolute Gasteiger partial charge is 0.468 e. The normalized spacial score (nSPS) is 12.4. The minimum absolute atomic E-state index is 0.125. The van der Waals surface area contributed by atoms with Crippen LogP contribution in [0.2, 0.25) is 0 Å². The number of esters is 1. The van der Waals surface area contributed by atoms with Gasteiger partial charge in [0.1, 0.15) is 5.76 Å². The van der Waals surface area contributed by atoms with Gasteiger partial charge in [0.05, 0.1) is 18.9 Å². The van der Waals surface area contributed by atoms with Crippen LogP contribution in [0.1, 0.15) is 44.9 Å². The van der Waals surface area contributed by atoms with Gasteiger partial charge < -0.3 is 14.5 Å². The molecule has 1 aromatic rings. The second kappa shape index (κ2) is 7.90. The zero-order chi connectivity index (χ0) is 12.5. The van der Waals surface area contributed by atoms with E-state index in [0.29, 0.717) is 13.0 Å². The van der Waals surface area contributed by atoms with Gasteiger partial charge in [0, 0.05) is 6.42 Å². The first-order valence-corrected chi connectivity index (χ1v) is 6.20. The molecule has 1 rings (SSSR count). The van der Waals surface area contributed by atoms with E-state index in [1.807, 2.05) is 19.1 Å². The number of furan rings is 1. The molecule has 0 aliphatic rings. The van der Waals surface area contributed by atoms with Crippen LogP contribution < -0.4 is 5.32 Å². The van der Waals surface area contributed by atoms with Gasteiger partial charge in [-0.05, 0) is 38.4 Å². The van der Waals surface area contributed by atoms with Crippen molar-refractivity contribution >= 4 is 5.97 Å². The molecule has 1 heterocycles. The van der Waals surface area contributed by atoms with Gasteiger partial charge in [-0.2, -0.15) is 0 Å². The summed E-state index contributed by atoms with van der Waals surface area (Å²) in [5.74, 6) is 0.823. The minimum atomic E-state index is -0.125. The molecule has 0 aliphatic carbocycles. The van der Waals surface area contributed by atoms with Crippen molar-refractivity contribution in [3.63, 3.8) is 0 Å². The summed E-state index contributed by atoms with van der Waals surface area (Å²) in [5, 5.41) is 3.37. The summed E-state index contributed by atoms with van der Waals surface area (Å²) in [6.07, 6.45) is 3.90. The second-order valence-corrected chi connectivity index (χ2v) is 3.84. The maximum Gasteiger partial charge on any atom is 0.305 e. The van der Waals surface area contributed by atoms with Crippen molar-refractivity contribution in [2.45, 2.75) is 39.2 Å². The zero-order valence-corrected chi connectivity index (χ0v) is 10.6. The number of hydrogen-bond acceptors (Lipinski definition) is 4. The van der Waals surface area contributed by atoms with Crippen molar-refractivity contribution in [2.24, 2.45) is 0 Å². The molecule has 0 aliphatic heterocycles. The fourth-order valence-corrected chi connectivity index (χ4v) is 1.68. The summed E-state index contributed by atoms with van der Waals surface area (Å²) in [6, 6.07) is 4.08. The average Bonchev–Trinajstić information content (AvgIpc) is 2.83. The summed E-state index contributed by atoms with van der Waals surface area (Å²) in [6.45, 7) is 5.17. The van der Waals surface area contributed by atoms with Crippen LogP contribution in [-0.4, -0.2) is 19.1 Å². The molecule has 17 heavy (non-hydrogen) atoms. The van der Waals surface area contributed by atoms with Crippen LogP contribution >= 0.6 is 0 Å². The maximum atomic E-state index is 11.1. The van der Waals surface area contributed by atoms with Gasteiger partial charge in [0.2, 0.25) is 0 Å². The number of carbonyl (C=O) groups excluding carboxylic acids is 1. The van der Waals surface area contributed by atoms with E-state index in [1.165, 1.54) is 0 Å². The average molecular weight is 239 g/mol. The number of carbonyl (C=O) groups is 1. The molecule has 1 aromatic heterocycles. The highest BCUT2D eigenvalue weighted by molar-refractivity contribution is 5.69. The lowest BCUT2D eigenvalue weighted by atomic mass is 10.1. The molecule has 1 atom stereocenters. The van der Waals surface area contributed by atoms with Crippen LogP contribution in [-0.2, 0) is 9.53 Å². The summed E-state index contributed by atoms with van der Waals surface area (Å²) in [5.41, 5.74) is 0. The highest BCUT2D eigenvalue weighted by Crippen LogP contribution is 2.16. The van der Waals surface area contributed by atoms with E-state index in [4.69, 9.17) is 9.15 Å². The Labute approximate surface area is 102 Å². The fraction of sp³-hybridized carbons (Fsp3) is 0.615. The van der Waals surface area contributed by atoms with Crippen molar-refractivity contribution in [2.75, 3.05) is 13.2 Å². The molecule has 0 spiro atoms. The number of rotatable bonds is 8. The highest BCUT2D eigenvalue weighted by Gasteiger charge is 2.11. The molecular weight excluding hydrogens is 218 g/mol. The smallest absolute Gasteiger partial charge is 0.305 e. The quantitative estimate of drug-likeness (QED) is 0.559. The summed E-state index contributed by atoms with van der Waals surface area (Å²) in [7, 11) is 0. The van der Waals surface area contributed by atoms with Gasteiger partial charge >= 0.3 is 5.97 Å². The van der Waals surface area contributed by atoms with E-state index < -0.39 is 0 Å². The van der Waals surface area contributed by atoms with Crippen LogP contribution in [0.5, 0.6) is 0 Å². The zero-order valence-electron chi connectivity index (χ0n) is 10.6. The van der Waals surface area contributed by atoms with Gasteiger partial charge in [0.25, 0.3) is 0 Å². The molecule has 96 valence electrons. The number of hydrogen-bond donors (Lipinski definition) is 1. The third-order valence-corrected chi connectivity index (χ3v) is 2.55. The SMILES string of the molecule is CCOC(=O)CCCNC(CC)c1ccco1. The first kappa shape index (κ1) is 13.8. The van der Waals surface area contributed by atoms with Crippen molar-refractivity contribution in [1.82, 2.24) is 5.32 Å². The lowest BCUT2D eigenvalue weighted by molar-refractivity contribution is -0.143. The Balaban J connectivity index is 2.19. The third-order valence-electron chi connectivity index (χ3n) is 2.55. The Morgan fingerprint density at radius 2 is 2.35 bits per heavy atom. The lowest BCUT2D eigenvalue weighted by Gasteiger charge is -2.14. The first-order chi connectivity index (χ1) is 8.27. The van der Waals surface area contributed by atoms with Crippen molar-refractivity contribution in [1.29, 1.82) is 0 Å². The van der Waals surface area contributed by atoms with Crippen LogP contribution in [0.25, 0.3) is 0 Å². The first-order valence-electron chi connectivity index (χ1n) is 6.20. The molecule has 0 fully saturated rings. The van der Waals surface area contributed by atoms with Crippen molar-refractivity contribution < 1.29 is 13.9 Å². The standard InChI is InChI=1S/C13H21NO3/c1-3-11(12-7-6-10-17-12)14-9-5-8-13(15)16-4-2/h6-7,10-11,14H,3-5,8-9H2,1-2H3. The van der Waals surface area contributed by atoms with E-state index in [2.05, 4.69) is 12.2 Å². The molecular formula is C13H21NO3. The molecule has 0 saturated heterocycles. The Hall–Kier alpha value is -1.29. The molecule has 0 amide bonds. The molecule has 4 nitrogen and oxygen atoms in total. The fourth-order valence-electron chi connectivity index (χ4n) is 1.68. The van der Waals surface area contributed by atoms with Crippen LogP contribution in [0.4, 0.5) is 0 Å². The predicted octanol–water partition coefficient (Wildman–Crippen LogP) is 2.66. The van der Waals surface area contributed by atoms with Gasteiger partial charge in [0.15, 0.2) is 0 Å². The molecule has 1 unspecified atom stereocenters. The molecule has 0 radical (unpaired) electrons. The molecule has 0 saturated carbocycles. The minimum Gasteiger partial charge on any atom is -0.468 e. The Kier molecular flexibility index (Phi) is 6.40. The van der Waals surface area contributed by atoms with Gasteiger partial charge in [-0.25, -0.2) is 0 Å². The lowest BCUT2D eigenvalue weighted by Crippen LogP contribution is -2.22. The Morgan fingerprint density at radius 1 is 1.53 bits per heavy atom. The van der Waals surface area contributed by atoms with E-state index in [9.17, 15) is 4.79 Å². The predicted molar refractivity (Wildman–Crippen MR) is 65.6 cm³/mol. The molecule has 4 heteroatoms. The second-order valence-electron chi connectivity index (χ2n) is 3.84. The van der Waals surface area contributed by atoms with Gasteiger partial charge in [-0.3, -0.25) is 4.79 Å². The maximum absolute atomic E-state index is 11.1. The van der Waals surface area contributed by atoms with Gasteiger partial charge in [-0.15, -0.1) is 0 Å². The summed E-state index contributed by atoms with van der Waals surface area (Å²) < 4.78 is 10.2. The molecule has 0 bridgehead atoms. The van der Waals surface area contributed by atoms with E-state index >= 15 is 0 Å². The Morgan fingerprint density at radius 3 is 2.94 bits per heavy atom. The van der Waals surface area contributed by atoms with Gasteiger partial charge in [-0.1, -0.05) is 6.92 Å². The number of nitrogens with one attached hydrogen (secondary N) is 1. The van der Waals surface area contributed by atoms with E-state index in [1.54, 1.807) is 6.26 Å². The molecule has 0 aromatic carbocycles. The summed E-state index contributed by atoms with van der Waals surface area (Å²) in [4.78, 5) is 11.1. The van der Waals surface area contributed by atoms with E-state index in [-0.39, 0.29) is 12.0 Å². The topological polar surface area (TPSA) is 51.5 Å². The monoisotopic (exact) mass is 239 g/mol. The summed E-state index contributed by atoms with van der Waals surface area (Å²) >= 11 is 0. The van der Waals surface area contributed by atoms with E-state index in [0.717, 1.165) is 25.1 Å². The Bertz CT molecular complexity index is 308. The van der Waals surface area contributed by atoms with Crippen LogP contribution in [0.3, 0.4) is 0 Å². The van der Waals surface area contributed by atoms with Crippen molar-refractivity contribution in [3.05, 3.63) is 24.2 Å². The van der Waals surface area contributed by atoms with Crippen LogP contribution in [0, 0.1) is 0 Å². The molecule has 1 N–H and O–H groups in total. The van der Waals surface area contributed by atoms with Crippen LogP contribution in [0.15, 0.2) is 22.8 Å². The third kappa shape index (κ3) is 5.04.